The molecule has 0 fully saturated rings. The Kier molecular flexibility index (Phi) is 5.12. The number of carbonyl (C=O) groups excluding carboxylic acids is 3. The van der Waals surface area contributed by atoms with Crippen LogP contribution >= 0.6 is 0 Å². The maximum Gasteiger partial charge on any atom is 0.354 e. The molecule has 1 aromatic carbocycles. The number of benzene rings is 1. The Labute approximate surface area is 160 Å². The number of ether oxygens (including phenoxy) is 3. The first kappa shape index (κ1) is 19.8. The number of hydrogen-bond acceptors (Lipinski definition) is 7. The molecule has 0 spiro atoms. The number of anilines is 1. The molecule has 3 rings (SSSR count). The minimum Gasteiger partial charge on any atom is -0.475 e. The molecule has 0 saturated carbocycles. The van der Waals surface area contributed by atoms with E-state index in [0.717, 1.165) is 6.07 Å². The minimum atomic E-state index is -2.29. The summed E-state index contributed by atoms with van der Waals surface area (Å²) in [7, 11) is 0. The molecule has 9 heteroatoms. The van der Waals surface area contributed by atoms with Gasteiger partial charge < -0.3 is 24.6 Å². The van der Waals surface area contributed by atoms with E-state index in [0.29, 0.717) is 0 Å². The van der Waals surface area contributed by atoms with Gasteiger partial charge in [-0.25, -0.2) is 14.0 Å². The van der Waals surface area contributed by atoms with Crippen LogP contribution < -0.4 is 5.32 Å². The second-order valence-electron chi connectivity index (χ2n) is 6.33. The van der Waals surface area contributed by atoms with Gasteiger partial charge in [0.05, 0.1) is 18.9 Å². The standard InChI is InChI=1S/C19H20FNO7/c1-4-26-17(24)12-9(3)28-19(15(12)22,18(25)27-5-2)13-10-7-6-8-11(20)14(10)21-16(13)23/h6-8,13,15,22H,4-5H2,1-3H3,(H,21,23)/t13-,15+,19+/m1/s1. The molecule has 8 nitrogen and oxygen atoms in total. The first-order valence-corrected chi connectivity index (χ1v) is 8.81. The van der Waals surface area contributed by atoms with E-state index < -0.39 is 41.3 Å². The Morgan fingerprint density at radius 3 is 2.61 bits per heavy atom. The van der Waals surface area contributed by atoms with Crippen molar-refractivity contribution >= 4 is 23.5 Å². The number of nitrogens with one attached hydrogen (secondary N) is 1. The molecule has 1 aromatic rings. The van der Waals surface area contributed by atoms with Gasteiger partial charge in [0, 0.05) is 0 Å². The minimum absolute atomic E-state index is 0.0344. The fraction of sp³-hybridized carbons (Fsp3) is 0.421. The van der Waals surface area contributed by atoms with Crippen LogP contribution in [-0.2, 0) is 28.6 Å². The molecule has 0 saturated heterocycles. The molecule has 1 amide bonds. The van der Waals surface area contributed by atoms with E-state index in [1.165, 1.54) is 19.1 Å². The van der Waals surface area contributed by atoms with Gasteiger partial charge in [-0.2, -0.15) is 0 Å². The van der Waals surface area contributed by atoms with Crippen LogP contribution in [0.25, 0.3) is 0 Å². The van der Waals surface area contributed by atoms with E-state index in [2.05, 4.69) is 5.32 Å². The van der Waals surface area contributed by atoms with Gasteiger partial charge >= 0.3 is 11.9 Å². The highest BCUT2D eigenvalue weighted by molar-refractivity contribution is 6.08. The summed E-state index contributed by atoms with van der Waals surface area (Å²) in [6, 6.07) is 3.96. The summed E-state index contributed by atoms with van der Waals surface area (Å²) in [5.74, 6) is -4.89. The van der Waals surface area contributed by atoms with Gasteiger partial charge in [-0.15, -0.1) is 0 Å². The third-order valence-electron chi connectivity index (χ3n) is 4.77. The van der Waals surface area contributed by atoms with Crippen LogP contribution in [0.3, 0.4) is 0 Å². The van der Waals surface area contributed by atoms with Crippen LogP contribution in [0, 0.1) is 5.82 Å². The third kappa shape index (κ3) is 2.73. The van der Waals surface area contributed by atoms with Crippen LogP contribution in [0.15, 0.2) is 29.5 Å². The van der Waals surface area contributed by atoms with E-state index in [-0.39, 0.29) is 35.8 Å². The lowest BCUT2D eigenvalue weighted by atomic mass is 9.77. The Balaban J connectivity index is 2.15. The molecule has 28 heavy (non-hydrogen) atoms. The fourth-order valence-electron chi connectivity index (χ4n) is 3.64. The lowest BCUT2D eigenvalue weighted by Gasteiger charge is -2.34. The van der Waals surface area contributed by atoms with Gasteiger partial charge in [0.15, 0.2) is 0 Å². The summed E-state index contributed by atoms with van der Waals surface area (Å²) in [6.07, 6.45) is -1.85. The predicted molar refractivity (Wildman–Crippen MR) is 93.6 cm³/mol. The zero-order chi connectivity index (χ0) is 20.6. The summed E-state index contributed by atoms with van der Waals surface area (Å²) in [5.41, 5.74) is -2.56. The molecule has 2 aliphatic heterocycles. The van der Waals surface area contributed by atoms with E-state index in [1.54, 1.807) is 13.8 Å². The summed E-state index contributed by atoms with van der Waals surface area (Å²) >= 11 is 0. The largest absolute Gasteiger partial charge is 0.475 e. The van der Waals surface area contributed by atoms with Crippen molar-refractivity contribution in [2.45, 2.75) is 38.4 Å². The first-order valence-electron chi connectivity index (χ1n) is 8.81. The smallest absolute Gasteiger partial charge is 0.354 e. The van der Waals surface area contributed by atoms with E-state index in [1.807, 2.05) is 0 Å². The number of aliphatic hydroxyl groups is 1. The van der Waals surface area contributed by atoms with Crippen molar-refractivity contribution < 1.29 is 38.1 Å². The molecule has 3 atom stereocenters. The van der Waals surface area contributed by atoms with Crippen LogP contribution in [0.5, 0.6) is 0 Å². The van der Waals surface area contributed by atoms with E-state index in [4.69, 9.17) is 14.2 Å². The zero-order valence-corrected chi connectivity index (χ0v) is 15.6. The Morgan fingerprint density at radius 1 is 1.29 bits per heavy atom. The number of carbonyl (C=O) groups is 3. The number of allylic oxidation sites excluding steroid dienone is 1. The van der Waals surface area contributed by atoms with Crippen molar-refractivity contribution in [1.29, 1.82) is 0 Å². The van der Waals surface area contributed by atoms with Crippen molar-refractivity contribution in [3.05, 3.63) is 40.9 Å². The van der Waals surface area contributed by atoms with Crippen LogP contribution in [0.2, 0.25) is 0 Å². The zero-order valence-electron chi connectivity index (χ0n) is 15.6. The molecule has 0 radical (unpaired) electrons. The molecular weight excluding hydrogens is 373 g/mol. The fourth-order valence-corrected chi connectivity index (χ4v) is 3.64. The molecule has 0 bridgehead atoms. The Bertz CT molecular complexity index is 881. The number of rotatable bonds is 5. The van der Waals surface area contributed by atoms with E-state index >= 15 is 0 Å². The molecule has 2 N–H and O–H groups in total. The predicted octanol–water partition coefficient (Wildman–Crippen LogP) is 1.39. The number of halogens is 1. The van der Waals surface area contributed by atoms with Crippen LogP contribution in [0.4, 0.5) is 10.1 Å². The summed E-state index contributed by atoms with van der Waals surface area (Å²) in [6.45, 7) is 4.47. The second-order valence-corrected chi connectivity index (χ2v) is 6.33. The number of fused-ring (bicyclic) bond motifs is 1. The highest BCUT2D eigenvalue weighted by Gasteiger charge is 2.66. The highest BCUT2D eigenvalue weighted by atomic mass is 19.1. The van der Waals surface area contributed by atoms with Crippen LogP contribution in [-0.4, -0.2) is 47.9 Å². The van der Waals surface area contributed by atoms with Gasteiger partial charge in [-0.05, 0) is 32.4 Å². The van der Waals surface area contributed by atoms with Gasteiger partial charge in [0.25, 0.3) is 5.60 Å². The molecule has 150 valence electrons. The first-order chi connectivity index (χ1) is 13.3. The number of esters is 2. The van der Waals surface area contributed by atoms with Crippen LogP contribution in [0.1, 0.15) is 32.3 Å². The molecule has 2 aliphatic rings. The topological polar surface area (TPSA) is 111 Å². The van der Waals surface area contributed by atoms with Gasteiger partial charge in [0.1, 0.15) is 29.2 Å². The molecule has 0 aliphatic carbocycles. The number of para-hydroxylation sites is 1. The maximum absolute atomic E-state index is 14.2. The second kappa shape index (κ2) is 7.23. The average Bonchev–Trinajstić information content (AvgIpc) is 3.10. The Hall–Kier alpha value is -2.94. The molecule has 0 unspecified atom stereocenters. The summed E-state index contributed by atoms with van der Waals surface area (Å²) in [5, 5.41) is 13.4. The van der Waals surface area contributed by atoms with Crippen molar-refractivity contribution in [2.75, 3.05) is 18.5 Å². The number of aliphatic hydroxyl groups excluding tert-OH is 1. The maximum atomic E-state index is 14.2. The molecule has 0 aromatic heterocycles. The SMILES string of the molecule is CCOC(=O)C1=C(C)O[C@@](C(=O)OCC)([C@H]2C(=O)Nc3c(F)cccc32)[C@H]1O. The van der Waals surface area contributed by atoms with E-state index in [9.17, 15) is 23.9 Å². The quantitative estimate of drug-likeness (QED) is 0.727. The number of hydrogen-bond donors (Lipinski definition) is 2. The third-order valence-corrected chi connectivity index (χ3v) is 4.77. The van der Waals surface area contributed by atoms with Crippen molar-refractivity contribution in [2.24, 2.45) is 0 Å². The number of amides is 1. The summed E-state index contributed by atoms with van der Waals surface area (Å²) < 4.78 is 29.8. The van der Waals surface area contributed by atoms with Gasteiger partial charge in [0.2, 0.25) is 5.91 Å². The van der Waals surface area contributed by atoms with Crippen molar-refractivity contribution in [3.63, 3.8) is 0 Å². The summed E-state index contributed by atoms with van der Waals surface area (Å²) in [4.78, 5) is 37.9. The highest BCUT2D eigenvalue weighted by Crippen LogP contribution is 2.50. The Morgan fingerprint density at radius 2 is 1.96 bits per heavy atom. The lowest BCUT2D eigenvalue weighted by molar-refractivity contribution is -0.178. The van der Waals surface area contributed by atoms with Crippen molar-refractivity contribution in [3.8, 4) is 0 Å². The van der Waals surface area contributed by atoms with Gasteiger partial charge in [-0.1, -0.05) is 12.1 Å². The average molecular weight is 393 g/mol. The van der Waals surface area contributed by atoms with Gasteiger partial charge in [-0.3, -0.25) is 4.79 Å². The normalized spacial score (nSPS) is 25.8. The molecule has 2 heterocycles. The van der Waals surface area contributed by atoms with Crippen molar-refractivity contribution in [1.82, 2.24) is 0 Å². The molecular formula is C19H20FNO7. The lowest BCUT2D eigenvalue weighted by Crippen LogP contribution is -2.56. The monoisotopic (exact) mass is 393 g/mol.